The lowest BCUT2D eigenvalue weighted by molar-refractivity contribution is -0.131. The largest absolute Gasteiger partial charge is 0.496 e. The maximum atomic E-state index is 12.6. The topological polar surface area (TPSA) is 59.9 Å². The molecule has 0 bridgehead atoms. The molecule has 3 aromatic rings. The summed E-state index contributed by atoms with van der Waals surface area (Å²) in [7, 11) is 3.17. The number of amides is 1. The first-order valence-corrected chi connectivity index (χ1v) is 9.17. The summed E-state index contributed by atoms with van der Waals surface area (Å²) < 4.78 is 10.7. The van der Waals surface area contributed by atoms with E-state index in [1.807, 2.05) is 60.7 Å². The van der Waals surface area contributed by atoms with Crippen molar-refractivity contribution >= 4 is 22.9 Å². The molecule has 5 nitrogen and oxygen atoms in total. The van der Waals surface area contributed by atoms with Gasteiger partial charge in [0.05, 0.1) is 13.3 Å². The molecule has 1 atom stereocenters. The van der Waals surface area contributed by atoms with Crippen molar-refractivity contribution in [1.29, 1.82) is 0 Å². The maximum Gasteiger partial charge on any atom is 0.273 e. The number of aryl methyl sites for hydroxylation is 1. The molecule has 1 N–H and O–H groups in total. The third-order valence-corrected chi connectivity index (χ3v) is 4.62. The van der Waals surface area contributed by atoms with Gasteiger partial charge in [-0.3, -0.25) is 4.79 Å². The molecule has 1 unspecified atom stereocenters. The lowest BCUT2D eigenvalue weighted by Crippen LogP contribution is -2.26. The van der Waals surface area contributed by atoms with Gasteiger partial charge in [-0.05, 0) is 58.1 Å². The molecule has 0 fully saturated rings. The van der Waals surface area contributed by atoms with E-state index in [4.69, 9.17) is 9.47 Å². The third-order valence-electron chi connectivity index (χ3n) is 4.62. The molecule has 0 aliphatic carbocycles. The number of hydrogen-bond donors (Lipinski definition) is 1. The monoisotopic (exact) mass is 376 g/mol. The molecule has 0 radical (unpaired) electrons. The molecule has 3 rings (SSSR count). The van der Waals surface area contributed by atoms with Crippen molar-refractivity contribution < 1.29 is 14.3 Å². The molecule has 28 heavy (non-hydrogen) atoms. The Morgan fingerprint density at radius 3 is 2.57 bits per heavy atom. The van der Waals surface area contributed by atoms with Gasteiger partial charge in [0.25, 0.3) is 5.91 Å². The predicted molar refractivity (Wildman–Crippen MR) is 112 cm³/mol. The minimum Gasteiger partial charge on any atom is -0.496 e. The molecule has 144 valence electrons. The lowest BCUT2D eigenvalue weighted by Gasteiger charge is -2.14. The molecule has 0 saturated heterocycles. The van der Waals surface area contributed by atoms with Crippen LogP contribution in [-0.2, 0) is 16.0 Å². The first-order valence-electron chi connectivity index (χ1n) is 9.17. The van der Waals surface area contributed by atoms with Gasteiger partial charge < -0.3 is 9.47 Å². The molecular weight excluding hydrogens is 352 g/mol. The first-order chi connectivity index (χ1) is 13.7. The number of carbonyl (C=O) groups excluding carboxylic acids is 1. The van der Waals surface area contributed by atoms with Crippen LogP contribution in [0.3, 0.4) is 0 Å². The molecule has 5 heteroatoms. The predicted octanol–water partition coefficient (Wildman–Crippen LogP) is 4.25. The van der Waals surface area contributed by atoms with Crippen LogP contribution in [0.15, 0.2) is 65.8 Å². The molecule has 0 aromatic heterocycles. The molecule has 0 heterocycles. The molecular formula is C23H24N2O3. The Labute approximate surface area is 165 Å². The summed E-state index contributed by atoms with van der Waals surface area (Å²) >= 11 is 0. The van der Waals surface area contributed by atoms with Crippen molar-refractivity contribution in [2.24, 2.45) is 5.10 Å². The fraction of sp³-hybridized carbons (Fsp3) is 0.217. The fourth-order valence-corrected chi connectivity index (χ4v) is 3.15. The van der Waals surface area contributed by atoms with E-state index in [1.165, 1.54) is 7.11 Å². The van der Waals surface area contributed by atoms with Gasteiger partial charge >= 0.3 is 0 Å². The van der Waals surface area contributed by atoms with Crippen molar-refractivity contribution in [3.8, 4) is 5.75 Å². The summed E-state index contributed by atoms with van der Waals surface area (Å²) in [5.41, 5.74) is 5.33. The Morgan fingerprint density at radius 2 is 1.86 bits per heavy atom. The number of nitrogens with zero attached hydrogens (tertiary/aromatic N) is 1. The number of hydrogen-bond acceptors (Lipinski definition) is 4. The van der Waals surface area contributed by atoms with Gasteiger partial charge in [0.15, 0.2) is 6.10 Å². The van der Waals surface area contributed by atoms with Gasteiger partial charge in [-0.25, -0.2) is 5.43 Å². The van der Waals surface area contributed by atoms with Crippen LogP contribution in [0, 0.1) is 0 Å². The number of rotatable bonds is 7. The minimum atomic E-state index is -0.733. The second-order valence-electron chi connectivity index (χ2n) is 6.38. The number of nitrogens with one attached hydrogen (secondary N) is 1. The maximum absolute atomic E-state index is 12.6. The summed E-state index contributed by atoms with van der Waals surface area (Å²) in [6, 6.07) is 19.6. The van der Waals surface area contributed by atoms with Crippen LogP contribution in [0.2, 0.25) is 0 Å². The van der Waals surface area contributed by atoms with Gasteiger partial charge in [0.2, 0.25) is 0 Å². The molecule has 0 aliphatic rings. The van der Waals surface area contributed by atoms with Gasteiger partial charge in [-0.2, -0.15) is 5.10 Å². The van der Waals surface area contributed by atoms with E-state index in [0.717, 1.165) is 39.6 Å². The number of benzene rings is 3. The SMILES string of the molecule is CCc1cc(/C=N/NC(=O)C(OC)c2ccc3ccccc3c2)ccc1OC. The van der Waals surface area contributed by atoms with E-state index in [2.05, 4.69) is 17.5 Å². The molecule has 3 aromatic carbocycles. The smallest absolute Gasteiger partial charge is 0.273 e. The summed E-state index contributed by atoms with van der Waals surface area (Å²) in [5, 5.41) is 6.26. The average molecular weight is 376 g/mol. The molecule has 0 saturated carbocycles. The zero-order valence-electron chi connectivity index (χ0n) is 16.3. The Kier molecular flexibility index (Phi) is 6.40. The van der Waals surface area contributed by atoms with Gasteiger partial charge in [0.1, 0.15) is 5.75 Å². The summed E-state index contributed by atoms with van der Waals surface area (Å²) in [6.45, 7) is 2.06. The van der Waals surface area contributed by atoms with Crippen molar-refractivity contribution in [1.82, 2.24) is 5.43 Å². The number of carbonyl (C=O) groups is 1. The van der Waals surface area contributed by atoms with Crippen LogP contribution >= 0.6 is 0 Å². The van der Waals surface area contributed by atoms with Gasteiger partial charge in [0, 0.05) is 7.11 Å². The van der Waals surface area contributed by atoms with E-state index < -0.39 is 6.10 Å². The average Bonchev–Trinajstić information content (AvgIpc) is 2.74. The Morgan fingerprint density at radius 1 is 1.07 bits per heavy atom. The zero-order chi connectivity index (χ0) is 19.9. The molecule has 0 spiro atoms. The van der Waals surface area contributed by atoms with Crippen molar-refractivity contribution in [2.45, 2.75) is 19.4 Å². The van der Waals surface area contributed by atoms with Crippen LogP contribution in [0.4, 0.5) is 0 Å². The van der Waals surface area contributed by atoms with E-state index in [0.29, 0.717) is 0 Å². The van der Waals surface area contributed by atoms with Crippen LogP contribution in [0.5, 0.6) is 5.75 Å². The van der Waals surface area contributed by atoms with E-state index in [9.17, 15) is 4.79 Å². The second kappa shape index (κ2) is 9.15. The highest BCUT2D eigenvalue weighted by atomic mass is 16.5. The van der Waals surface area contributed by atoms with E-state index >= 15 is 0 Å². The van der Waals surface area contributed by atoms with E-state index in [-0.39, 0.29) is 5.91 Å². The number of methoxy groups -OCH3 is 2. The quantitative estimate of drug-likeness (QED) is 0.495. The standard InChI is InChI=1S/C23H24N2O3/c1-4-17-13-16(9-12-21(17)27-2)15-24-25-23(26)22(28-3)20-11-10-18-7-5-6-8-19(18)14-20/h5-15,22H,4H2,1-3H3,(H,25,26)/b24-15+. The Balaban J connectivity index is 1.72. The van der Waals surface area contributed by atoms with Crippen molar-refractivity contribution in [2.75, 3.05) is 14.2 Å². The zero-order valence-corrected chi connectivity index (χ0v) is 16.3. The third kappa shape index (κ3) is 4.38. The van der Waals surface area contributed by atoms with Crippen LogP contribution in [-0.4, -0.2) is 26.3 Å². The molecule has 0 aliphatic heterocycles. The van der Waals surface area contributed by atoms with Crippen molar-refractivity contribution in [3.63, 3.8) is 0 Å². The normalized spacial score (nSPS) is 12.2. The number of fused-ring (bicyclic) bond motifs is 1. The van der Waals surface area contributed by atoms with Crippen LogP contribution in [0.1, 0.15) is 29.7 Å². The summed E-state index contributed by atoms with van der Waals surface area (Å²) in [6.07, 6.45) is 1.73. The van der Waals surface area contributed by atoms with E-state index in [1.54, 1.807) is 13.3 Å². The number of hydrazone groups is 1. The summed E-state index contributed by atoms with van der Waals surface area (Å²) in [5.74, 6) is 0.526. The van der Waals surface area contributed by atoms with Gasteiger partial charge in [-0.1, -0.05) is 43.3 Å². The highest BCUT2D eigenvalue weighted by molar-refractivity contribution is 5.88. The lowest BCUT2D eigenvalue weighted by atomic mass is 10.0. The molecule has 1 amide bonds. The van der Waals surface area contributed by atoms with Crippen LogP contribution < -0.4 is 10.2 Å². The Hall–Kier alpha value is -3.18. The highest BCUT2D eigenvalue weighted by Gasteiger charge is 2.20. The Bertz CT molecular complexity index is 998. The number of ether oxygens (including phenoxy) is 2. The second-order valence-corrected chi connectivity index (χ2v) is 6.38. The highest BCUT2D eigenvalue weighted by Crippen LogP contribution is 2.23. The first kappa shape index (κ1) is 19.6. The minimum absolute atomic E-state index is 0.321. The van der Waals surface area contributed by atoms with Crippen molar-refractivity contribution in [3.05, 3.63) is 77.4 Å². The van der Waals surface area contributed by atoms with Crippen LogP contribution in [0.25, 0.3) is 10.8 Å². The summed E-state index contributed by atoms with van der Waals surface area (Å²) in [4.78, 5) is 12.6. The fourth-order valence-electron chi connectivity index (χ4n) is 3.15. The van der Waals surface area contributed by atoms with Gasteiger partial charge in [-0.15, -0.1) is 0 Å².